The molecule has 1 aliphatic heterocycles. The zero-order valence-corrected chi connectivity index (χ0v) is 11.2. The van der Waals surface area contributed by atoms with E-state index in [1.807, 2.05) is 33.8 Å². The highest BCUT2D eigenvalue weighted by atomic mass is 32.2. The lowest BCUT2D eigenvalue weighted by atomic mass is 9.95. The average Bonchev–Trinajstić information content (AvgIpc) is 2.13. The van der Waals surface area contributed by atoms with Crippen LogP contribution >= 0.6 is 0 Å². The van der Waals surface area contributed by atoms with Crippen LogP contribution in [-0.2, 0) is 10.0 Å². The van der Waals surface area contributed by atoms with Crippen molar-refractivity contribution in [2.24, 2.45) is 9.81 Å². The quantitative estimate of drug-likeness (QED) is 0.772. The molecule has 1 aromatic carbocycles. The summed E-state index contributed by atoms with van der Waals surface area (Å²) in [6.45, 7) is 7.70. The van der Waals surface area contributed by atoms with Gasteiger partial charge in [-0.1, -0.05) is 26.8 Å². The molecule has 0 atom stereocenters. The molecule has 0 fully saturated rings. The fourth-order valence-electron chi connectivity index (χ4n) is 1.61. The highest BCUT2D eigenvalue weighted by Crippen LogP contribution is 2.31. The molecule has 2 rings (SSSR count). The minimum atomic E-state index is -3.57. The van der Waals surface area contributed by atoms with Gasteiger partial charge in [-0.05, 0) is 24.6 Å². The van der Waals surface area contributed by atoms with Crippen molar-refractivity contribution in [1.82, 2.24) is 0 Å². The fraction of sp³-hybridized carbons (Fsp3) is 0.417. The molecule has 0 bridgehead atoms. The van der Waals surface area contributed by atoms with Crippen molar-refractivity contribution in [3.63, 3.8) is 0 Å². The lowest BCUT2D eigenvalue weighted by Crippen LogP contribution is -2.32. The molecule has 0 aromatic heterocycles. The van der Waals surface area contributed by atoms with Gasteiger partial charge in [-0.25, -0.2) is 0 Å². The van der Waals surface area contributed by atoms with Gasteiger partial charge in [0, 0.05) is 5.41 Å². The lowest BCUT2D eigenvalue weighted by Gasteiger charge is -2.26. The van der Waals surface area contributed by atoms with Gasteiger partial charge >= 0.3 is 0 Å². The number of fused-ring (bicyclic) bond motifs is 1. The van der Waals surface area contributed by atoms with E-state index in [2.05, 4.69) is 9.71 Å². The second-order valence-electron chi connectivity index (χ2n) is 5.29. The third-order valence-corrected chi connectivity index (χ3v) is 3.92. The lowest BCUT2D eigenvalue weighted by molar-refractivity contribution is 0.577. The molecule has 0 amide bonds. The smallest absolute Gasteiger partial charge is 0.286 e. The third-order valence-electron chi connectivity index (χ3n) is 2.59. The molecule has 4 nitrogen and oxygen atoms in total. The number of amidine groups is 1. The second kappa shape index (κ2) is 3.57. The Balaban J connectivity index is 2.63. The highest BCUT2D eigenvalue weighted by Gasteiger charge is 2.30. The van der Waals surface area contributed by atoms with Crippen molar-refractivity contribution >= 4 is 21.5 Å². The largest absolute Gasteiger partial charge is 0.341 e. The molecule has 1 heterocycles. The van der Waals surface area contributed by atoms with Crippen molar-refractivity contribution in [2.45, 2.75) is 32.6 Å². The number of hydrogen-bond acceptors (Lipinski definition) is 3. The Hall–Kier alpha value is -1.36. The molecule has 5 heteroatoms. The zero-order chi connectivity index (χ0) is 12.8. The highest BCUT2D eigenvalue weighted by molar-refractivity contribution is 7.90. The van der Waals surface area contributed by atoms with Gasteiger partial charge in [-0.15, -0.1) is 4.40 Å². The number of aryl methyl sites for hydroxylation is 1. The fourth-order valence-corrected chi connectivity index (χ4v) is 2.90. The maximum Gasteiger partial charge on any atom is 0.286 e. The zero-order valence-electron chi connectivity index (χ0n) is 10.4. The molecule has 1 N–H and O–H groups in total. The summed E-state index contributed by atoms with van der Waals surface area (Å²) in [6, 6.07) is 5.19. The number of nitrogens with one attached hydrogen (secondary N) is 1. The second-order valence-corrected chi connectivity index (χ2v) is 6.86. The van der Waals surface area contributed by atoms with Crippen molar-refractivity contribution < 1.29 is 8.42 Å². The molecule has 0 radical (unpaired) electrons. The maximum absolute atomic E-state index is 12.0. The molecule has 1 aromatic rings. The van der Waals surface area contributed by atoms with Crippen LogP contribution in [0.15, 0.2) is 27.5 Å². The van der Waals surface area contributed by atoms with Crippen LogP contribution in [-0.4, -0.2) is 14.3 Å². The number of nitrogens with zero attached hydrogens (tertiary/aromatic N) is 1. The minimum Gasteiger partial charge on any atom is -0.341 e. The van der Waals surface area contributed by atoms with Gasteiger partial charge in [0.2, 0.25) is 0 Å². The van der Waals surface area contributed by atoms with Gasteiger partial charge in [-0.3, -0.25) is 0 Å². The van der Waals surface area contributed by atoms with E-state index in [4.69, 9.17) is 0 Å². The normalized spacial score (nSPS) is 18.0. The van der Waals surface area contributed by atoms with Crippen molar-refractivity contribution in [1.29, 1.82) is 0 Å². The van der Waals surface area contributed by atoms with E-state index in [-0.39, 0.29) is 10.3 Å². The van der Waals surface area contributed by atoms with Gasteiger partial charge in [0.15, 0.2) is 0 Å². The maximum atomic E-state index is 12.0. The Bertz CT molecular complexity index is 595. The van der Waals surface area contributed by atoms with E-state index in [0.29, 0.717) is 11.5 Å². The first kappa shape index (κ1) is 12.1. The monoisotopic (exact) mass is 252 g/mol. The van der Waals surface area contributed by atoms with Crippen LogP contribution in [0.3, 0.4) is 0 Å². The van der Waals surface area contributed by atoms with E-state index in [1.165, 1.54) is 0 Å². The summed E-state index contributed by atoms with van der Waals surface area (Å²) in [6.07, 6.45) is 0. The first-order valence-electron chi connectivity index (χ1n) is 5.43. The Morgan fingerprint density at radius 1 is 1.24 bits per heavy atom. The molecular weight excluding hydrogens is 236 g/mol. The third kappa shape index (κ3) is 2.20. The van der Waals surface area contributed by atoms with Crippen molar-refractivity contribution in [2.75, 3.05) is 5.32 Å². The molecule has 1 aliphatic rings. The Morgan fingerprint density at radius 3 is 2.47 bits per heavy atom. The molecular formula is C12H16N2O2S. The number of hydrogen-bond donors (Lipinski definition) is 1. The molecule has 0 unspecified atom stereocenters. The van der Waals surface area contributed by atoms with E-state index >= 15 is 0 Å². The molecule has 0 saturated heterocycles. The topological polar surface area (TPSA) is 58.5 Å². The van der Waals surface area contributed by atoms with Crippen LogP contribution in [0, 0.1) is 12.3 Å². The first-order valence-corrected chi connectivity index (χ1v) is 6.87. The minimum absolute atomic E-state index is 0.246. The summed E-state index contributed by atoms with van der Waals surface area (Å²) in [7, 11) is -3.57. The van der Waals surface area contributed by atoms with Crippen LogP contribution in [0.2, 0.25) is 0 Å². The summed E-state index contributed by atoms with van der Waals surface area (Å²) in [5, 5.41) is 3.10. The number of anilines is 1. The number of benzene rings is 1. The van der Waals surface area contributed by atoms with E-state index in [1.54, 1.807) is 12.1 Å². The van der Waals surface area contributed by atoms with Crippen LogP contribution in [0.5, 0.6) is 0 Å². The summed E-state index contributed by atoms with van der Waals surface area (Å²) in [5.74, 6) is 0.482. The van der Waals surface area contributed by atoms with Crippen LogP contribution < -0.4 is 5.32 Å². The van der Waals surface area contributed by atoms with E-state index in [0.717, 1.165) is 5.56 Å². The summed E-state index contributed by atoms with van der Waals surface area (Å²) < 4.78 is 27.9. The molecule has 0 saturated carbocycles. The van der Waals surface area contributed by atoms with Gasteiger partial charge in [0.25, 0.3) is 10.0 Å². The summed E-state index contributed by atoms with van der Waals surface area (Å²) in [4.78, 5) is 0.246. The van der Waals surface area contributed by atoms with E-state index in [9.17, 15) is 8.42 Å². The number of sulfonamides is 1. The van der Waals surface area contributed by atoms with Gasteiger partial charge in [0.1, 0.15) is 10.7 Å². The molecule has 17 heavy (non-hydrogen) atoms. The van der Waals surface area contributed by atoms with Crippen molar-refractivity contribution in [3.8, 4) is 0 Å². The van der Waals surface area contributed by atoms with Gasteiger partial charge in [0.05, 0.1) is 5.69 Å². The van der Waals surface area contributed by atoms with Crippen LogP contribution in [0.25, 0.3) is 0 Å². The van der Waals surface area contributed by atoms with Gasteiger partial charge < -0.3 is 5.32 Å². The van der Waals surface area contributed by atoms with Crippen LogP contribution in [0.4, 0.5) is 5.69 Å². The molecule has 0 aliphatic carbocycles. The predicted molar refractivity (Wildman–Crippen MR) is 68.9 cm³/mol. The SMILES string of the molecule is Cc1ccc2c(c1)NC(C(C)(C)C)=NS2(=O)=O. The van der Waals surface area contributed by atoms with E-state index < -0.39 is 10.0 Å². The first-order chi connectivity index (χ1) is 7.70. The average molecular weight is 252 g/mol. The summed E-state index contributed by atoms with van der Waals surface area (Å²) in [5.41, 5.74) is 1.31. The summed E-state index contributed by atoms with van der Waals surface area (Å²) >= 11 is 0. The van der Waals surface area contributed by atoms with Crippen molar-refractivity contribution in [3.05, 3.63) is 23.8 Å². The van der Waals surface area contributed by atoms with Crippen LogP contribution in [0.1, 0.15) is 26.3 Å². The predicted octanol–water partition coefficient (Wildman–Crippen LogP) is 2.55. The standard InChI is InChI=1S/C12H16N2O2S/c1-8-5-6-10-9(7-8)13-11(12(2,3)4)14-17(10,15)16/h5-7H,1-4H3,(H,13,14). The van der Waals surface area contributed by atoms with Gasteiger partial charge in [-0.2, -0.15) is 8.42 Å². The Labute approximate surface area is 102 Å². The Kier molecular flexibility index (Phi) is 2.54. The molecule has 92 valence electrons. The Morgan fingerprint density at radius 2 is 1.88 bits per heavy atom. The molecule has 0 spiro atoms. The number of rotatable bonds is 0.